The molecule has 2 atom stereocenters. The van der Waals surface area contributed by atoms with Crippen LogP contribution < -0.4 is 10.1 Å². The van der Waals surface area contributed by atoms with Gasteiger partial charge < -0.3 is 10.1 Å². The van der Waals surface area contributed by atoms with Crippen molar-refractivity contribution in [3.63, 3.8) is 0 Å². The van der Waals surface area contributed by atoms with Gasteiger partial charge in [-0.25, -0.2) is 0 Å². The van der Waals surface area contributed by atoms with Gasteiger partial charge in [0.2, 0.25) is 0 Å². The van der Waals surface area contributed by atoms with Gasteiger partial charge in [0.15, 0.2) is 0 Å². The minimum atomic E-state index is -0.0910. The van der Waals surface area contributed by atoms with Crippen molar-refractivity contribution in [3.05, 3.63) is 28.2 Å². The molecular formula is C16H24BrNO. The Morgan fingerprint density at radius 1 is 1.47 bits per heavy atom. The van der Waals surface area contributed by atoms with Gasteiger partial charge in [-0.1, -0.05) is 36.7 Å². The van der Waals surface area contributed by atoms with E-state index in [1.54, 1.807) is 0 Å². The highest BCUT2D eigenvalue weighted by Crippen LogP contribution is 2.43. The van der Waals surface area contributed by atoms with Crippen LogP contribution in [0.25, 0.3) is 0 Å². The van der Waals surface area contributed by atoms with Gasteiger partial charge in [0.25, 0.3) is 0 Å². The first kappa shape index (κ1) is 14.9. The Labute approximate surface area is 125 Å². The number of benzene rings is 1. The van der Waals surface area contributed by atoms with Crippen LogP contribution in [0.1, 0.15) is 52.1 Å². The summed E-state index contributed by atoms with van der Waals surface area (Å²) in [5, 5.41) is 3.66. The van der Waals surface area contributed by atoms with Gasteiger partial charge in [-0.3, -0.25) is 0 Å². The molecule has 19 heavy (non-hydrogen) atoms. The van der Waals surface area contributed by atoms with E-state index in [9.17, 15) is 0 Å². The fourth-order valence-corrected chi connectivity index (χ4v) is 2.93. The van der Waals surface area contributed by atoms with Gasteiger partial charge in [-0.05, 0) is 44.0 Å². The summed E-state index contributed by atoms with van der Waals surface area (Å²) in [6, 6.07) is 6.71. The molecule has 0 fully saturated rings. The highest BCUT2D eigenvalue weighted by atomic mass is 79.9. The summed E-state index contributed by atoms with van der Waals surface area (Å²) in [5.74, 6) is 1.52. The van der Waals surface area contributed by atoms with E-state index in [0.29, 0.717) is 12.0 Å². The fourth-order valence-electron chi connectivity index (χ4n) is 2.55. The molecule has 1 aliphatic rings. The Bertz CT molecular complexity index is 446. The second-order valence-corrected chi connectivity index (χ2v) is 6.88. The van der Waals surface area contributed by atoms with Crippen LogP contribution in [0.2, 0.25) is 0 Å². The van der Waals surface area contributed by atoms with Crippen LogP contribution in [-0.2, 0) is 0 Å². The number of hydrogen-bond acceptors (Lipinski definition) is 2. The first-order valence-electron chi connectivity index (χ1n) is 7.18. The second kappa shape index (κ2) is 5.84. The summed E-state index contributed by atoms with van der Waals surface area (Å²) < 4.78 is 7.40. The predicted molar refractivity (Wildman–Crippen MR) is 83.7 cm³/mol. The largest absolute Gasteiger partial charge is 0.487 e. The molecule has 1 aromatic rings. The van der Waals surface area contributed by atoms with E-state index in [4.69, 9.17) is 4.74 Å². The van der Waals surface area contributed by atoms with E-state index in [2.05, 4.69) is 67.1 Å². The molecule has 0 saturated carbocycles. The number of nitrogens with one attached hydrogen (secondary N) is 1. The molecular weight excluding hydrogens is 302 g/mol. The Morgan fingerprint density at radius 2 is 2.21 bits per heavy atom. The normalized spacial score (nSPS) is 26.1. The van der Waals surface area contributed by atoms with E-state index in [-0.39, 0.29) is 5.60 Å². The molecule has 2 nitrogen and oxygen atoms in total. The van der Waals surface area contributed by atoms with Gasteiger partial charge in [0.1, 0.15) is 11.4 Å². The monoisotopic (exact) mass is 325 g/mol. The zero-order valence-electron chi connectivity index (χ0n) is 12.3. The first-order valence-corrected chi connectivity index (χ1v) is 7.97. The van der Waals surface area contributed by atoms with Crippen LogP contribution in [0.5, 0.6) is 5.75 Å². The molecule has 1 aromatic carbocycles. The van der Waals surface area contributed by atoms with E-state index < -0.39 is 0 Å². The average Bonchev–Trinajstić information content (AvgIpc) is 2.36. The molecule has 0 radical (unpaired) electrons. The lowest BCUT2D eigenvalue weighted by Gasteiger charge is -2.43. The number of rotatable bonds is 4. The molecule has 2 unspecified atom stereocenters. The van der Waals surface area contributed by atoms with Gasteiger partial charge in [-0.2, -0.15) is 0 Å². The van der Waals surface area contributed by atoms with E-state index >= 15 is 0 Å². The fraction of sp³-hybridized carbons (Fsp3) is 0.625. The topological polar surface area (TPSA) is 21.3 Å². The lowest BCUT2D eigenvalue weighted by Crippen LogP contribution is -2.45. The molecule has 106 valence electrons. The molecule has 3 heteroatoms. The number of fused-ring (bicyclic) bond motifs is 1. The molecule has 1 aliphatic heterocycles. The molecule has 1 heterocycles. The van der Waals surface area contributed by atoms with Crippen molar-refractivity contribution in [2.75, 3.05) is 6.54 Å². The smallest absolute Gasteiger partial charge is 0.125 e. The van der Waals surface area contributed by atoms with Crippen LogP contribution in [0.15, 0.2) is 22.7 Å². The average molecular weight is 326 g/mol. The van der Waals surface area contributed by atoms with Gasteiger partial charge in [-0.15, -0.1) is 0 Å². The molecule has 0 amide bonds. The summed E-state index contributed by atoms with van der Waals surface area (Å²) in [6.07, 6.45) is 2.17. The van der Waals surface area contributed by atoms with Crippen molar-refractivity contribution >= 4 is 15.9 Å². The molecule has 0 aliphatic carbocycles. The van der Waals surface area contributed by atoms with Crippen LogP contribution >= 0.6 is 15.9 Å². The van der Waals surface area contributed by atoms with Crippen LogP contribution in [0, 0.1) is 5.92 Å². The molecule has 1 N–H and O–H groups in total. The van der Waals surface area contributed by atoms with E-state index in [1.807, 2.05) is 0 Å². The quantitative estimate of drug-likeness (QED) is 0.867. The summed E-state index contributed by atoms with van der Waals surface area (Å²) in [6.45, 7) is 9.95. The lowest BCUT2D eigenvalue weighted by atomic mass is 9.81. The third-order valence-corrected chi connectivity index (χ3v) is 4.66. The second-order valence-electron chi connectivity index (χ2n) is 5.96. The van der Waals surface area contributed by atoms with E-state index in [0.717, 1.165) is 29.6 Å². The van der Waals surface area contributed by atoms with Crippen molar-refractivity contribution in [2.45, 2.75) is 52.2 Å². The van der Waals surface area contributed by atoms with Crippen molar-refractivity contribution in [1.29, 1.82) is 0 Å². The molecule has 0 bridgehead atoms. The van der Waals surface area contributed by atoms with Crippen LogP contribution in [0.3, 0.4) is 0 Å². The maximum atomic E-state index is 6.29. The van der Waals surface area contributed by atoms with Crippen molar-refractivity contribution < 1.29 is 4.74 Å². The van der Waals surface area contributed by atoms with Crippen molar-refractivity contribution in [3.8, 4) is 5.75 Å². The third-order valence-electron chi connectivity index (χ3n) is 4.16. The summed E-state index contributed by atoms with van der Waals surface area (Å²) in [7, 11) is 0. The zero-order chi connectivity index (χ0) is 14.0. The summed E-state index contributed by atoms with van der Waals surface area (Å²) in [4.78, 5) is 0. The Balaban J connectivity index is 2.34. The Hall–Kier alpha value is -0.540. The highest BCUT2D eigenvalue weighted by Gasteiger charge is 2.39. The molecule has 0 saturated heterocycles. The van der Waals surface area contributed by atoms with Gasteiger partial charge in [0.05, 0.1) is 0 Å². The van der Waals surface area contributed by atoms with Crippen molar-refractivity contribution in [1.82, 2.24) is 5.32 Å². The highest BCUT2D eigenvalue weighted by molar-refractivity contribution is 9.10. The lowest BCUT2D eigenvalue weighted by molar-refractivity contribution is 0.00589. The van der Waals surface area contributed by atoms with Crippen LogP contribution in [0.4, 0.5) is 0 Å². The number of ether oxygens (including phenoxy) is 1. The summed E-state index contributed by atoms with van der Waals surface area (Å²) in [5.41, 5.74) is 1.19. The van der Waals surface area contributed by atoms with Gasteiger partial charge >= 0.3 is 0 Å². The SMILES string of the molecule is CCCNC1CC(C)(C(C)C)Oc2ccc(Br)cc21. The standard InChI is InChI=1S/C16H24BrNO/c1-5-8-18-14-10-16(4,11(2)3)19-15-7-6-12(17)9-13(14)15/h6-7,9,11,14,18H,5,8,10H2,1-4H3. The Kier molecular flexibility index (Phi) is 4.57. The third kappa shape index (κ3) is 3.14. The maximum absolute atomic E-state index is 6.29. The maximum Gasteiger partial charge on any atom is 0.125 e. The number of halogens is 1. The minimum absolute atomic E-state index is 0.0910. The zero-order valence-corrected chi connectivity index (χ0v) is 13.9. The van der Waals surface area contributed by atoms with Crippen LogP contribution in [-0.4, -0.2) is 12.1 Å². The summed E-state index contributed by atoms with van der Waals surface area (Å²) >= 11 is 3.56. The number of hydrogen-bond donors (Lipinski definition) is 1. The van der Waals surface area contributed by atoms with Crippen molar-refractivity contribution in [2.24, 2.45) is 5.92 Å². The first-order chi connectivity index (χ1) is 8.96. The Morgan fingerprint density at radius 3 is 2.84 bits per heavy atom. The molecule has 0 spiro atoms. The van der Waals surface area contributed by atoms with E-state index in [1.165, 1.54) is 5.56 Å². The predicted octanol–water partition coefficient (Wildman–Crippen LogP) is 4.69. The minimum Gasteiger partial charge on any atom is -0.487 e. The molecule has 2 rings (SSSR count). The molecule has 0 aromatic heterocycles. The van der Waals surface area contributed by atoms with Gasteiger partial charge in [0, 0.05) is 22.5 Å².